The van der Waals surface area contributed by atoms with Gasteiger partial charge in [0.15, 0.2) is 0 Å². The summed E-state index contributed by atoms with van der Waals surface area (Å²) in [5.74, 6) is 2.09. The first-order valence-electron chi connectivity index (χ1n) is 5.50. The molecule has 0 bridgehead atoms. The smallest absolute Gasteiger partial charge is 0.242 e. The van der Waals surface area contributed by atoms with Crippen LogP contribution < -0.4 is 10.5 Å². The molecule has 3 N–H and O–H groups in total. The lowest BCUT2D eigenvalue weighted by atomic mass is 10.2. The van der Waals surface area contributed by atoms with E-state index in [0.717, 1.165) is 24.3 Å². The molecule has 0 saturated carbocycles. The highest BCUT2D eigenvalue weighted by Crippen LogP contribution is 2.22. The number of hydrogen-bond donors (Lipinski definition) is 2. The molecule has 0 spiro atoms. The van der Waals surface area contributed by atoms with Gasteiger partial charge in [-0.25, -0.2) is 18.1 Å². The summed E-state index contributed by atoms with van der Waals surface area (Å²) in [6.45, 7) is 0. The highest BCUT2D eigenvalue weighted by Gasteiger charge is 2.22. The standard InChI is InChI=1S/C10H14ClN3O2S2/c11-9-5-8(6-13-10(9)12)18(15,16)14-7-1-3-17-4-2-7/h5-7,14H,1-4H2,(H2,12,13). The van der Waals surface area contributed by atoms with Crippen LogP contribution in [-0.4, -0.2) is 30.9 Å². The molecule has 0 amide bonds. The summed E-state index contributed by atoms with van der Waals surface area (Å²) in [5.41, 5.74) is 5.46. The van der Waals surface area contributed by atoms with E-state index in [4.69, 9.17) is 17.3 Å². The second-order valence-corrected chi connectivity index (χ2v) is 7.39. The van der Waals surface area contributed by atoms with Crippen molar-refractivity contribution in [3.63, 3.8) is 0 Å². The van der Waals surface area contributed by atoms with Crippen molar-refractivity contribution >= 4 is 39.2 Å². The maximum atomic E-state index is 12.1. The molecule has 2 heterocycles. The molecule has 5 nitrogen and oxygen atoms in total. The van der Waals surface area contributed by atoms with E-state index in [9.17, 15) is 8.42 Å². The first-order chi connectivity index (χ1) is 8.49. The van der Waals surface area contributed by atoms with Crippen LogP contribution in [0.25, 0.3) is 0 Å². The number of aromatic nitrogens is 1. The van der Waals surface area contributed by atoms with Gasteiger partial charge in [0.2, 0.25) is 10.0 Å². The van der Waals surface area contributed by atoms with Gasteiger partial charge in [-0.2, -0.15) is 11.8 Å². The molecule has 0 aliphatic carbocycles. The Labute approximate surface area is 116 Å². The summed E-state index contributed by atoms with van der Waals surface area (Å²) in [5, 5.41) is 0.150. The van der Waals surface area contributed by atoms with Crippen LogP contribution in [0.3, 0.4) is 0 Å². The normalized spacial score (nSPS) is 17.8. The van der Waals surface area contributed by atoms with E-state index in [-0.39, 0.29) is 21.8 Å². The molecule has 0 aromatic carbocycles. The molecule has 1 aliphatic rings. The Bertz CT molecular complexity index is 530. The molecular weight excluding hydrogens is 294 g/mol. The number of nitrogen functional groups attached to an aromatic ring is 1. The van der Waals surface area contributed by atoms with Gasteiger partial charge < -0.3 is 5.73 Å². The molecule has 1 aromatic heterocycles. The van der Waals surface area contributed by atoms with Crippen LogP contribution in [0.1, 0.15) is 12.8 Å². The number of nitrogens with one attached hydrogen (secondary N) is 1. The number of thioether (sulfide) groups is 1. The van der Waals surface area contributed by atoms with Crippen molar-refractivity contribution < 1.29 is 8.42 Å². The van der Waals surface area contributed by atoms with Crippen LogP contribution in [0.4, 0.5) is 5.82 Å². The molecule has 8 heteroatoms. The third-order valence-electron chi connectivity index (χ3n) is 2.70. The second-order valence-electron chi connectivity index (χ2n) is 4.05. The summed E-state index contributed by atoms with van der Waals surface area (Å²) in [6.07, 6.45) is 2.92. The minimum atomic E-state index is -3.56. The van der Waals surface area contributed by atoms with Crippen LogP contribution in [0, 0.1) is 0 Å². The molecule has 100 valence electrons. The van der Waals surface area contributed by atoms with Crippen LogP contribution in [0.5, 0.6) is 0 Å². The zero-order chi connectivity index (χ0) is 13.2. The number of sulfonamides is 1. The fraction of sp³-hybridized carbons (Fsp3) is 0.500. The van der Waals surface area contributed by atoms with Crippen molar-refractivity contribution in [3.05, 3.63) is 17.3 Å². The minimum Gasteiger partial charge on any atom is -0.382 e. The predicted molar refractivity (Wildman–Crippen MR) is 74.3 cm³/mol. The number of halogens is 1. The van der Waals surface area contributed by atoms with E-state index < -0.39 is 10.0 Å². The lowest BCUT2D eigenvalue weighted by molar-refractivity contribution is 0.528. The van der Waals surface area contributed by atoms with Gasteiger partial charge in [-0.05, 0) is 30.4 Å². The quantitative estimate of drug-likeness (QED) is 0.884. The zero-order valence-electron chi connectivity index (χ0n) is 9.60. The summed E-state index contributed by atoms with van der Waals surface area (Å²) in [6, 6.07) is 1.32. The van der Waals surface area contributed by atoms with Gasteiger partial charge in [0, 0.05) is 12.2 Å². The van der Waals surface area contributed by atoms with Gasteiger partial charge >= 0.3 is 0 Å². The monoisotopic (exact) mass is 307 g/mol. The summed E-state index contributed by atoms with van der Waals surface area (Å²) < 4.78 is 26.9. The molecule has 2 rings (SSSR count). The Hall–Kier alpha value is -0.500. The number of pyridine rings is 1. The average Bonchev–Trinajstić information content (AvgIpc) is 2.33. The van der Waals surface area contributed by atoms with E-state index >= 15 is 0 Å². The van der Waals surface area contributed by atoms with Crippen molar-refractivity contribution in [3.8, 4) is 0 Å². The molecular formula is C10H14ClN3O2S2. The number of nitrogens with zero attached hydrogens (tertiary/aromatic N) is 1. The largest absolute Gasteiger partial charge is 0.382 e. The van der Waals surface area contributed by atoms with E-state index in [1.807, 2.05) is 11.8 Å². The van der Waals surface area contributed by atoms with E-state index in [1.165, 1.54) is 12.3 Å². The highest BCUT2D eigenvalue weighted by atomic mass is 35.5. The lowest BCUT2D eigenvalue weighted by Gasteiger charge is -2.22. The molecule has 0 atom stereocenters. The van der Waals surface area contributed by atoms with Gasteiger partial charge in [-0.3, -0.25) is 0 Å². The molecule has 18 heavy (non-hydrogen) atoms. The van der Waals surface area contributed by atoms with Crippen molar-refractivity contribution in [1.29, 1.82) is 0 Å². The molecule has 1 aliphatic heterocycles. The van der Waals surface area contributed by atoms with Gasteiger partial charge in [0.1, 0.15) is 10.7 Å². The Balaban J connectivity index is 2.16. The molecule has 0 radical (unpaired) electrons. The molecule has 1 saturated heterocycles. The number of hydrogen-bond acceptors (Lipinski definition) is 5. The van der Waals surface area contributed by atoms with Gasteiger partial charge in [-0.1, -0.05) is 11.6 Å². The Kier molecular flexibility index (Phi) is 4.37. The van der Waals surface area contributed by atoms with Crippen molar-refractivity contribution in [2.45, 2.75) is 23.8 Å². The summed E-state index contributed by atoms with van der Waals surface area (Å²) >= 11 is 7.62. The van der Waals surface area contributed by atoms with Crippen molar-refractivity contribution in [2.75, 3.05) is 17.2 Å². The second kappa shape index (κ2) is 5.64. The van der Waals surface area contributed by atoms with Crippen LogP contribution in [0.15, 0.2) is 17.2 Å². The Morgan fingerprint density at radius 1 is 1.44 bits per heavy atom. The third-order valence-corrected chi connectivity index (χ3v) is 5.54. The Morgan fingerprint density at radius 2 is 2.11 bits per heavy atom. The van der Waals surface area contributed by atoms with E-state index in [0.29, 0.717) is 0 Å². The van der Waals surface area contributed by atoms with E-state index in [1.54, 1.807) is 0 Å². The number of anilines is 1. The van der Waals surface area contributed by atoms with Gasteiger partial charge in [-0.15, -0.1) is 0 Å². The SMILES string of the molecule is Nc1ncc(S(=O)(=O)NC2CCSCC2)cc1Cl. The van der Waals surface area contributed by atoms with Crippen LogP contribution >= 0.6 is 23.4 Å². The van der Waals surface area contributed by atoms with Crippen molar-refractivity contribution in [2.24, 2.45) is 0 Å². The average molecular weight is 308 g/mol. The van der Waals surface area contributed by atoms with E-state index in [2.05, 4.69) is 9.71 Å². The zero-order valence-corrected chi connectivity index (χ0v) is 12.0. The minimum absolute atomic E-state index is 0.00687. The maximum Gasteiger partial charge on any atom is 0.242 e. The molecule has 0 unspecified atom stereocenters. The summed E-state index contributed by atoms with van der Waals surface area (Å²) in [7, 11) is -3.56. The van der Waals surface area contributed by atoms with Crippen LogP contribution in [0.2, 0.25) is 5.02 Å². The topological polar surface area (TPSA) is 85.1 Å². The summed E-state index contributed by atoms with van der Waals surface area (Å²) in [4.78, 5) is 3.82. The van der Waals surface area contributed by atoms with Crippen LogP contribution in [-0.2, 0) is 10.0 Å². The third kappa shape index (κ3) is 3.28. The maximum absolute atomic E-state index is 12.1. The molecule has 1 aromatic rings. The highest BCUT2D eigenvalue weighted by molar-refractivity contribution is 7.99. The lowest BCUT2D eigenvalue weighted by Crippen LogP contribution is -2.37. The predicted octanol–water partition coefficient (Wildman–Crippen LogP) is 1.49. The number of nitrogens with two attached hydrogens (primary N) is 1. The van der Waals surface area contributed by atoms with Gasteiger partial charge in [0.25, 0.3) is 0 Å². The fourth-order valence-electron chi connectivity index (χ4n) is 1.68. The molecule has 1 fully saturated rings. The first kappa shape index (κ1) is 13.9. The Morgan fingerprint density at radius 3 is 2.72 bits per heavy atom. The fourth-order valence-corrected chi connectivity index (χ4v) is 4.29. The van der Waals surface area contributed by atoms with Gasteiger partial charge in [0.05, 0.1) is 5.02 Å². The van der Waals surface area contributed by atoms with Crippen molar-refractivity contribution in [1.82, 2.24) is 9.71 Å². The number of rotatable bonds is 3. The first-order valence-corrected chi connectivity index (χ1v) is 8.52.